The van der Waals surface area contributed by atoms with Crippen LogP contribution in [0.1, 0.15) is 6.92 Å². The Balaban J connectivity index is 2.56. The number of nitrogens with two attached hydrogens (primary N) is 2. The van der Waals surface area contributed by atoms with Crippen LogP contribution < -0.4 is 16.4 Å². The SMILES string of the molecule is CCN(CC(N)=O)c1ccc(N)c2ncccc12. The van der Waals surface area contributed by atoms with Gasteiger partial charge in [-0.15, -0.1) is 0 Å². The van der Waals surface area contributed by atoms with Crippen LogP contribution in [0.4, 0.5) is 11.4 Å². The summed E-state index contributed by atoms with van der Waals surface area (Å²) in [5, 5.41) is 0.931. The van der Waals surface area contributed by atoms with Gasteiger partial charge in [0.2, 0.25) is 5.91 Å². The highest BCUT2D eigenvalue weighted by Gasteiger charge is 2.12. The lowest BCUT2D eigenvalue weighted by atomic mass is 10.1. The molecule has 0 fully saturated rings. The van der Waals surface area contributed by atoms with Crippen LogP contribution >= 0.6 is 0 Å². The molecule has 94 valence electrons. The Morgan fingerprint density at radius 1 is 1.39 bits per heavy atom. The predicted octanol–water partition coefficient (Wildman–Crippen LogP) is 1.13. The number of likely N-dealkylation sites (N-methyl/N-ethyl adjacent to an activating group) is 1. The Labute approximate surface area is 105 Å². The molecule has 0 atom stereocenters. The lowest BCUT2D eigenvalue weighted by Crippen LogP contribution is -2.33. The van der Waals surface area contributed by atoms with Gasteiger partial charge in [-0.05, 0) is 31.2 Å². The highest BCUT2D eigenvalue weighted by molar-refractivity contribution is 5.99. The standard InChI is InChI=1S/C13H16N4O/c1-2-17(8-12(15)18)11-6-5-10(14)13-9(11)4-3-7-16-13/h3-7H,2,8,14H2,1H3,(H2,15,18). The van der Waals surface area contributed by atoms with Crippen molar-refractivity contribution in [2.45, 2.75) is 6.92 Å². The molecular formula is C13H16N4O. The third kappa shape index (κ3) is 2.20. The molecule has 0 aliphatic rings. The first-order valence-corrected chi connectivity index (χ1v) is 5.80. The fraction of sp³-hybridized carbons (Fsp3) is 0.231. The third-order valence-electron chi connectivity index (χ3n) is 2.85. The molecule has 0 saturated heterocycles. The highest BCUT2D eigenvalue weighted by Crippen LogP contribution is 2.29. The van der Waals surface area contributed by atoms with Crippen LogP contribution in [0, 0.1) is 0 Å². The number of anilines is 2. The van der Waals surface area contributed by atoms with Crippen LogP contribution in [-0.4, -0.2) is 24.0 Å². The molecule has 1 aromatic carbocycles. The van der Waals surface area contributed by atoms with Gasteiger partial charge in [-0.25, -0.2) is 0 Å². The molecule has 18 heavy (non-hydrogen) atoms. The summed E-state index contributed by atoms with van der Waals surface area (Å²) < 4.78 is 0. The first kappa shape index (κ1) is 12.2. The first-order valence-electron chi connectivity index (χ1n) is 5.80. The molecule has 2 aromatic rings. The molecule has 4 N–H and O–H groups in total. The Hall–Kier alpha value is -2.30. The van der Waals surface area contributed by atoms with Crippen molar-refractivity contribution in [3.8, 4) is 0 Å². The highest BCUT2D eigenvalue weighted by atomic mass is 16.1. The van der Waals surface area contributed by atoms with E-state index in [0.29, 0.717) is 12.2 Å². The zero-order valence-electron chi connectivity index (χ0n) is 10.3. The third-order valence-corrected chi connectivity index (χ3v) is 2.85. The molecule has 1 heterocycles. The molecule has 0 bridgehead atoms. The second-order valence-corrected chi connectivity index (χ2v) is 4.05. The van der Waals surface area contributed by atoms with Crippen molar-refractivity contribution in [1.82, 2.24) is 4.98 Å². The van der Waals surface area contributed by atoms with Gasteiger partial charge in [0.1, 0.15) is 0 Å². The van der Waals surface area contributed by atoms with Gasteiger partial charge in [-0.3, -0.25) is 9.78 Å². The minimum Gasteiger partial charge on any atom is -0.397 e. The molecule has 1 aromatic heterocycles. The Bertz CT molecular complexity index is 582. The van der Waals surface area contributed by atoms with Crippen molar-refractivity contribution in [3.05, 3.63) is 30.5 Å². The van der Waals surface area contributed by atoms with Crippen molar-refractivity contribution in [3.63, 3.8) is 0 Å². The first-order chi connectivity index (χ1) is 8.63. The quantitative estimate of drug-likeness (QED) is 0.789. The Kier molecular flexibility index (Phi) is 3.32. The number of primary amides is 1. The van der Waals surface area contributed by atoms with Crippen LogP contribution in [0.3, 0.4) is 0 Å². The van der Waals surface area contributed by atoms with E-state index < -0.39 is 0 Å². The molecule has 1 amide bonds. The van der Waals surface area contributed by atoms with Crippen molar-refractivity contribution < 1.29 is 4.79 Å². The van der Waals surface area contributed by atoms with Gasteiger partial charge >= 0.3 is 0 Å². The van der Waals surface area contributed by atoms with Crippen LogP contribution in [0.15, 0.2) is 30.5 Å². The van der Waals surface area contributed by atoms with Crippen LogP contribution in [0.2, 0.25) is 0 Å². The molecule has 0 aliphatic heterocycles. The van der Waals surface area contributed by atoms with E-state index in [1.807, 2.05) is 30.0 Å². The number of hydrogen-bond acceptors (Lipinski definition) is 4. The average molecular weight is 244 g/mol. The van der Waals surface area contributed by atoms with Crippen molar-refractivity contribution >= 4 is 28.2 Å². The maximum absolute atomic E-state index is 11.1. The summed E-state index contributed by atoms with van der Waals surface area (Å²) in [7, 11) is 0. The van der Waals surface area contributed by atoms with Gasteiger partial charge < -0.3 is 16.4 Å². The Morgan fingerprint density at radius 2 is 2.17 bits per heavy atom. The molecule has 0 unspecified atom stereocenters. The van der Waals surface area contributed by atoms with E-state index >= 15 is 0 Å². The smallest absolute Gasteiger partial charge is 0.236 e. The number of fused-ring (bicyclic) bond motifs is 1. The lowest BCUT2D eigenvalue weighted by Gasteiger charge is -2.23. The summed E-state index contributed by atoms with van der Waals surface area (Å²) in [5.41, 5.74) is 13.5. The second kappa shape index (κ2) is 4.91. The van der Waals surface area contributed by atoms with Gasteiger partial charge in [0.15, 0.2) is 0 Å². The molecule has 2 rings (SSSR count). The van der Waals surface area contributed by atoms with Crippen LogP contribution in [0.5, 0.6) is 0 Å². The van der Waals surface area contributed by atoms with E-state index in [4.69, 9.17) is 11.5 Å². The predicted molar refractivity (Wildman–Crippen MR) is 73.2 cm³/mol. The Morgan fingerprint density at radius 3 is 2.83 bits per heavy atom. The number of aromatic nitrogens is 1. The molecule has 0 saturated carbocycles. The topological polar surface area (TPSA) is 85.2 Å². The normalized spacial score (nSPS) is 10.5. The minimum atomic E-state index is -0.356. The number of pyridine rings is 1. The molecular weight excluding hydrogens is 228 g/mol. The zero-order chi connectivity index (χ0) is 13.1. The van der Waals surface area contributed by atoms with E-state index in [1.165, 1.54) is 0 Å². The van der Waals surface area contributed by atoms with E-state index in [2.05, 4.69) is 4.98 Å². The van der Waals surface area contributed by atoms with Gasteiger partial charge in [-0.2, -0.15) is 0 Å². The van der Waals surface area contributed by atoms with Crippen molar-refractivity contribution in [1.29, 1.82) is 0 Å². The summed E-state index contributed by atoms with van der Waals surface area (Å²) in [6, 6.07) is 7.49. The summed E-state index contributed by atoms with van der Waals surface area (Å²) in [6.07, 6.45) is 1.70. The minimum absolute atomic E-state index is 0.185. The fourth-order valence-electron chi connectivity index (χ4n) is 2.01. The molecule has 5 heteroatoms. The van der Waals surface area contributed by atoms with E-state index in [-0.39, 0.29) is 12.5 Å². The number of carbonyl (C=O) groups excluding carboxylic acids is 1. The van der Waals surface area contributed by atoms with E-state index in [9.17, 15) is 4.79 Å². The summed E-state index contributed by atoms with van der Waals surface area (Å²) >= 11 is 0. The van der Waals surface area contributed by atoms with Crippen LogP contribution in [-0.2, 0) is 4.79 Å². The van der Waals surface area contributed by atoms with Gasteiger partial charge in [0.25, 0.3) is 0 Å². The molecule has 0 aliphatic carbocycles. The molecule has 5 nitrogen and oxygen atoms in total. The van der Waals surface area contributed by atoms with E-state index in [1.54, 1.807) is 12.3 Å². The summed E-state index contributed by atoms with van der Waals surface area (Å²) in [5.74, 6) is -0.356. The number of carbonyl (C=O) groups is 1. The second-order valence-electron chi connectivity index (χ2n) is 4.05. The summed E-state index contributed by atoms with van der Waals surface area (Å²) in [4.78, 5) is 17.3. The average Bonchev–Trinajstić information content (AvgIpc) is 2.37. The number of nitrogens with zero attached hydrogens (tertiary/aromatic N) is 2. The zero-order valence-corrected chi connectivity index (χ0v) is 10.3. The van der Waals surface area contributed by atoms with Gasteiger partial charge in [-0.1, -0.05) is 0 Å². The van der Waals surface area contributed by atoms with Crippen LogP contribution in [0.25, 0.3) is 10.9 Å². The van der Waals surface area contributed by atoms with Crippen molar-refractivity contribution in [2.24, 2.45) is 5.73 Å². The number of nitrogen functional groups attached to an aromatic ring is 1. The fourth-order valence-corrected chi connectivity index (χ4v) is 2.01. The number of hydrogen-bond donors (Lipinski definition) is 2. The number of benzene rings is 1. The number of amides is 1. The van der Waals surface area contributed by atoms with Crippen molar-refractivity contribution in [2.75, 3.05) is 23.7 Å². The van der Waals surface area contributed by atoms with Gasteiger partial charge in [0.05, 0.1) is 17.7 Å². The largest absolute Gasteiger partial charge is 0.397 e. The van der Waals surface area contributed by atoms with Gasteiger partial charge in [0, 0.05) is 23.8 Å². The lowest BCUT2D eigenvalue weighted by molar-refractivity contribution is -0.116. The maximum Gasteiger partial charge on any atom is 0.236 e. The monoisotopic (exact) mass is 244 g/mol. The maximum atomic E-state index is 11.1. The molecule has 0 spiro atoms. The molecule has 0 radical (unpaired) electrons. The summed E-state index contributed by atoms with van der Waals surface area (Å²) in [6.45, 7) is 2.85. The van der Waals surface area contributed by atoms with E-state index in [0.717, 1.165) is 16.6 Å². The number of rotatable bonds is 4.